The van der Waals surface area contributed by atoms with E-state index in [0.29, 0.717) is 17.9 Å². The molecule has 0 atom stereocenters. The average molecular weight is 272 g/mol. The number of likely N-dealkylation sites (tertiary alicyclic amines) is 1. The molecule has 0 spiro atoms. The van der Waals surface area contributed by atoms with Gasteiger partial charge in [-0.15, -0.1) is 7.14 Å². The molecule has 0 saturated carbocycles. The Morgan fingerprint density at radius 1 is 0.889 bits per heavy atom. The van der Waals surface area contributed by atoms with Crippen LogP contribution in [-0.2, 0) is 0 Å². The highest BCUT2D eigenvalue weighted by Crippen LogP contribution is 2.77. The largest absolute Gasteiger partial charge is 0.328 e. The quantitative estimate of drug-likeness (QED) is 0.391. The van der Waals surface area contributed by atoms with E-state index < -0.39 is 7.14 Å². The van der Waals surface area contributed by atoms with Crippen LogP contribution >= 0.6 is 7.14 Å². The lowest BCUT2D eigenvalue weighted by molar-refractivity contribution is -0.894. The smallest absolute Gasteiger partial charge is 0.128 e. The Balaban J connectivity index is 3.01. The zero-order valence-corrected chi connectivity index (χ0v) is 14.2. The van der Waals surface area contributed by atoms with Crippen molar-refractivity contribution in [3.8, 4) is 0 Å². The molecule has 0 amide bonds. The van der Waals surface area contributed by atoms with Gasteiger partial charge in [0.2, 0.25) is 0 Å². The molecule has 0 radical (unpaired) electrons. The maximum absolute atomic E-state index is 2.55. The second kappa shape index (κ2) is 4.78. The third-order valence-electron chi connectivity index (χ3n) is 3.95. The highest BCUT2D eigenvalue weighted by molar-refractivity contribution is 8.00. The van der Waals surface area contributed by atoms with Crippen molar-refractivity contribution < 1.29 is 4.48 Å². The molecule has 0 aromatic carbocycles. The summed E-state index contributed by atoms with van der Waals surface area (Å²) in [6, 6.07) is 0. The molecule has 1 nitrogen and oxygen atoms in total. The summed E-state index contributed by atoms with van der Waals surface area (Å²) in [5.74, 6) is 0. The molecule has 1 heterocycles. The van der Waals surface area contributed by atoms with Gasteiger partial charge in [-0.1, -0.05) is 0 Å². The molecule has 0 aromatic rings. The average Bonchev–Trinajstić information content (AvgIpc) is 2.13. The van der Waals surface area contributed by atoms with Crippen LogP contribution in [0.1, 0.15) is 54.4 Å². The molecule has 0 aromatic heterocycles. The highest BCUT2D eigenvalue weighted by atomic mass is 31.2. The summed E-state index contributed by atoms with van der Waals surface area (Å²) in [5.41, 5.74) is 1.09. The first-order valence-corrected chi connectivity index (χ1v) is 8.46. The monoisotopic (exact) mass is 272 g/mol. The van der Waals surface area contributed by atoms with Crippen LogP contribution in [0.2, 0.25) is 0 Å². The molecule has 0 unspecified atom stereocenters. The molecule has 0 N–H and O–H groups in total. The van der Waals surface area contributed by atoms with Gasteiger partial charge in [0.1, 0.15) is 7.57 Å². The Bertz CT molecular complexity index is 275. The predicted molar refractivity (Wildman–Crippen MR) is 91.2 cm³/mol. The molecule has 0 aliphatic carbocycles. The van der Waals surface area contributed by atoms with Gasteiger partial charge >= 0.3 is 0 Å². The Morgan fingerprint density at radius 2 is 1.22 bits per heavy atom. The predicted octanol–water partition coefficient (Wildman–Crippen LogP) is 3.12. The van der Waals surface area contributed by atoms with E-state index >= 15 is 0 Å². The highest BCUT2D eigenvalue weighted by Gasteiger charge is 2.53. The van der Waals surface area contributed by atoms with E-state index in [9.17, 15) is 0 Å². The van der Waals surface area contributed by atoms with Crippen LogP contribution < -0.4 is 0 Å². The number of hydrogen-bond acceptors (Lipinski definition) is 0. The summed E-state index contributed by atoms with van der Waals surface area (Å²) >= 11 is 0. The summed E-state index contributed by atoms with van der Waals surface area (Å²) in [5, 5.41) is 1.18. The van der Waals surface area contributed by atoms with Crippen LogP contribution in [0.15, 0.2) is 0 Å². The van der Waals surface area contributed by atoms with Crippen LogP contribution in [0.3, 0.4) is 0 Å². The van der Waals surface area contributed by atoms with Crippen LogP contribution in [0.4, 0.5) is 0 Å². The van der Waals surface area contributed by atoms with Gasteiger partial charge in [-0.05, 0) is 41.5 Å². The van der Waals surface area contributed by atoms with Gasteiger partial charge in [-0.25, -0.2) is 0 Å². The molecule has 1 aliphatic heterocycles. The number of nitrogens with zero attached hydrogens (tertiary/aromatic N) is 1. The molecule has 0 bridgehead atoms. The number of rotatable bonds is 1. The van der Waals surface area contributed by atoms with Crippen molar-refractivity contribution in [2.24, 2.45) is 0 Å². The van der Waals surface area contributed by atoms with Gasteiger partial charge in [0.05, 0.1) is 27.2 Å². The first-order chi connectivity index (χ1) is 7.81. The van der Waals surface area contributed by atoms with E-state index in [2.05, 4.69) is 55.6 Å². The third kappa shape index (κ3) is 2.96. The van der Waals surface area contributed by atoms with E-state index in [1.165, 1.54) is 30.4 Å². The minimum absolute atomic E-state index is 0.424. The second-order valence-corrected chi connectivity index (χ2v) is 12.5. The lowest BCUT2D eigenvalue weighted by atomic mass is 10.1. The fourth-order valence-corrected chi connectivity index (χ4v) is 8.56. The number of piperidine rings is 1. The summed E-state index contributed by atoms with van der Waals surface area (Å²) in [4.78, 5) is 0. The van der Waals surface area contributed by atoms with Gasteiger partial charge in [0.25, 0.3) is 0 Å². The van der Waals surface area contributed by atoms with E-state index in [4.69, 9.17) is 0 Å². The molecule has 1 aliphatic rings. The molecular weight excluding hydrogens is 236 g/mol. The van der Waals surface area contributed by atoms with Crippen molar-refractivity contribution in [3.05, 3.63) is 0 Å². The number of quaternary nitrogens is 1. The molecular formula is C15H36BNP+. The van der Waals surface area contributed by atoms with E-state index in [-0.39, 0.29) is 0 Å². The van der Waals surface area contributed by atoms with Crippen molar-refractivity contribution in [1.29, 1.82) is 0 Å². The Hall–Kier alpha value is 0.455. The van der Waals surface area contributed by atoms with E-state index in [1.54, 1.807) is 0 Å². The standard InChI is InChI=1S/C15H36BNP/c1-14(2,3)18(16,15(4,5)6)13-9-11-17(7,8)12-10-13/h13H,9-12H2,1-8,16H3/q+1. The molecule has 3 heteroatoms. The van der Waals surface area contributed by atoms with Gasteiger partial charge in [-0.3, -0.25) is 0 Å². The van der Waals surface area contributed by atoms with Gasteiger partial charge in [0.15, 0.2) is 0 Å². The lowest BCUT2D eigenvalue weighted by Gasteiger charge is -2.57. The fourth-order valence-electron chi connectivity index (χ4n) is 3.61. The Morgan fingerprint density at radius 3 is 1.50 bits per heavy atom. The minimum Gasteiger partial charge on any atom is -0.328 e. The first kappa shape index (κ1) is 16.5. The number of hydrogen-bond donors (Lipinski definition) is 0. The summed E-state index contributed by atoms with van der Waals surface area (Å²) in [6.45, 7) is 18.1. The van der Waals surface area contributed by atoms with Crippen molar-refractivity contribution >= 4 is 14.7 Å². The van der Waals surface area contributed by atoms with Crippen LogP contribution in [-0.4, -0.2) is 55.2 Å². The molecule has 1 fully saturated rings. The van der Waals surface area contributed by atoms with Crippen LogP contribution in [0.25, 0.3) is 0 Å². The van der Waals surface area contributed by atoms with E-state index in [1.807, 2.05) is 0 Å². The first-order valence-electron chi connectivity index (χ1n) is 7.05. The maximum atomic E-state index is 2.55. The summed E-state index contributed by atoms with van der Waals surface area (Å²) < 4.78 is 1.25. The van der Waals surface area contributed by atoms with Crippen molar-refractivity contribution in [2.45, 2.75) is 70.4 Å². The second-order valence-electron chi connectivity index (χ2n) is 8.33. The van der Waals surface area contributed by atoms with Gasteiger partial charge < -0.3 is 4.48 Å². The fraction of sp³-hybridized carbons (Fsp3) is 1.00. The minimum atomic E-state index is -0.729. The zero-order chi connectivity index (χ0) is 14.4. The normalized spacial score (nSPS) is 23.2. The van der Waals surface area contributed by atoms with Gasteiger partial charge in [-0.2, -0.15) is 0 Å². The zero-order valence-electron chi connectivity index (χ0n) is 13.3. The van der Waals surface area contributed by atoms with Crippen LogP contribution in [0.5, 0.6) is 0 Å². The van der Waals surface area contributed by atoms with E-state index in [0.717, 1.165) is 5.66 Å². The van der Waals surface area contributed by atoms with Crippen molar-refractivity contribution in [3.63, 3.8) is 0 Å². The molecule has 18 heavy (non-hydrogen) atoms. The molecule has 1 rings (SSSR count). The SMILES string of the molecule is [BH3-][P+](C1CC[N+](C)(C)CC1)(C(C)(C)C)C(C)(C)C. The summed E-state index contributed by atoms with van der Waals surface area (Å²) in [7, 11) is 4.51. The lowest BCUT2D eigenvalue weighted by Crippen LogP contribution is -2.51. The molecule has 1 saturated heterocycles. The molecule has 108 valence electrons. The Kier molecular flexibility index (Phi) is 4.38. The third-order valence-corrected chi connectivity index (χ3v) is 8.08. The topological polar surface area (TPSA) is 0 Å². The van der Waals surface area contributed by atoms with Gasteiger partial charge in [0, 0.05) is 28.8 Å². The maximum Gasteiger partial charge on any atom is 0.128 e. The van der Waals surface area contributed by atoms with Crippen molar-refractivity contribution in [1.82, 2.24) is 0 Å². The van der Waals surface area contributed by atoms with Crippen LogP contribution in [0, 0.1) is 0 Å². The summed E-state index contributed by atoms with van der Waals surface area (Å²) in [6.07, 6.45) is 3.00. The Labute approximate surface area is 117 Å². The van der Waals surface area contributed by atoms with Crippen molar-refractivity contribution in [2.75, 3.05) is 27.2 Å².